The van der Waals surface area contributed by atoms with Gasteiger partial charge in [-0.25, -0.2) is 9.97 Å². The molecule has 0 radical (unpaired) electrons. The fraction of sp³-hybridized carbons (Fsp3) is 0.519. The minimum atomic E-state index is 0.172. The van der Waals surface area contributed by atoms with E-state index in [0.717, 1.165) is 86.4 Å². The fourth-order valence-corrected chi connectivity index (χ4v) is 5.81. The molecule has 2 saturated heterocycles. The number of hydrogen-bond acceptors (Lipinski definition) is 7. The highest BCUT2D eigenvalue weighted by Gasteiger charge is 2.37. The van der Waals surface area contributed by atoms with Crippen molar-refractivity contribution in [2.45, 2.75) is 50.8 Å². The lowest BCUT2D eigenvalue weighted by Crippen LogP contribution is -2.54. The van der Waals surface area contributed by atoms with Gasteiger partial charge in [-0.15, -0.1) is 0 Å². The van der Waals surface area contributed by atoms with Crippen molar-refractivity contribution in [3.8, 4) is 16.9 Å². The Morgan fingerprint density at radius 1 is 1.17 bits per heavy atom. The number of anilines is 1. The number of ether oxygens (including phenoxy) is 2. The summed E-state index contributed by atoms with van der Waals surface area (Å²) in [7, 11) is 0. The third-order valence-corrected chi connectivity index (χ3v) is 8.00. The van der Waals surface area contributed by atoms with Crippen LogP contribution in [0.3, 0.4) is 0 Å². The van der Waals surface area contributed by atoms with E-state index >= 15 is 0 Å². The molecule has 4 heterocycles. The molecular weight excluding hydrogens is 456 g/mol. The van der Waals surface area contributed by atoms with E-state index in [4.69, 9.17) is 15.2 Å². The van der Waals surface area contributed by atoms with Crippen LogP contribution >= 0.6 is 0 Å². The maximum Gasteiger partial charge on any atom is 0.219 e. The summed E-state index contributed by atoms with van der Waals surface area (Å²) in [6.45, 7) is 6.59. The molecule has 36 heavy (non-hydrogen) atoms. The first kappa shape index (κ1) is 23.2. The second-order valence-corrected chi connectivity index (χ2v) is 10.2. The van der Waals surface area contributed by atoms with E-state index in [9.17, 15) is 4.79 Å². The number of carbonyl (C=O) groups excluding carboxylic acids is 1. The quantitative estimate of drug-likeness (QED) is 0.567. The SMILES string of the molecule is CC(=O)N1CCN([C@H]2C[C@@H](n3cc(-c4cccc(OC[C@@H]5CCCO5)c4)c4c(N)ncnc43)C2)CC1. The molecule has 3 aromatic rings. The smallest absolute Gasteiger partial charge is 0.219 e. The zero-order chi connectivity index (χ0) is 24.6. The van der Waals surface area contributed by atoms with E-state index < -0.39 is 0 Å². The zero-order valence-electron chi connectivity index (χ0n) is 20.8. The molecule has 3 fully saturated rings. The fourth-order valence-electron chi connectivity index (χ4n) is 5.81. The molecule has 190 valence electrons. The number of nitrogen functional groups attached to an aromatic ring is 1. The molecule has 1 atom stereocenters. The van der Waals surface area contributed by atoms with Crippen LogP contribution in [0.2, 0.25) is 0 Å². The van der Waals surface area contributed by atoms with Crippen LogP contribution in [0.25, 0.3) is 22.2 Å². The number of nitrogens with two attached hydrogens (primary N) is 1. The molecule has 1 aliphatic carbocycles. The Kier molecular flexibility index (Phi) is 6.27. The van der Waals surface area contributed by atoms with E-state index in [1.165, 1.54) is 0 Å². The topological polar surface area (TPSA) is 98.7 Å². The van der Waals surface area contributed by atoms with Gasteiger partial charge in [0, 0.05) is 63.6 Å². The summed E-state index contributed by atoms with van der Waals surface area (Å²) in [5, 5.41) is 0.896. The van der Waals surface area contributed by atoms with Crippen LogP contribution in [0, 0.1) is 0 Å². The lowest BCUT2D eigenvalue weighted by Gasteiger charge is -2.46. The summed E-state index contributed by atoms with van der Waals surface area (Å²) in [5.41, 5.74) is 9.33. The molecular formula is C27H34N6O3. The molecule has 2 N–H and O–H groups in total. The van der Waals surface area contributed by atoms with Crippen LogP contribution in [0.4, 0.5) is 5.82 Å². The van der Waals surface area contributed by atoms with Gasteiger partial charge in [-0.05, 0) is 43.4 Å². The molecule has 2 aromatic heterocycles. The van der Waals surface area contributed by atoms with Gasteiger partial charge in [0.05, 0.1) is 11.5 Å². The number of rotatable bonds is 6. The molecule has 0 bridgehead atoms. The third-order valence-electron chi connectivity index (χ3n) is 8.00. The first-order chi connectivity index (χ1) is 17.6. The van der Waals surface area contributed by atoms with Crippen LogP contribution in [0.5, 0.6) is 5.75 Å². The number of amides is 1. The Labute approximate surface area is 211 Å². The molecule has 0 unspecified atom stereocenters. The Balaban J connectivity index is 1.20. The Hall–Kier alpha value is -3.17. The van der Waals surface area contributed by atoms with Crippen LogP contribution in [-0.4, -0.2) is 81.8 Å². The molecule has 9 heteroatoms. The summed E-state index contributed by atoms with van der Waals surface area (Å²) >= 11 is 0. The first-order valence-electron chi connectivity index (χ1n) is 13.0. The van der Waals surface area contributed by atoms with Crippen molar-refractivity contribution in [2.75, 3.05) is 45.1 Å². The van der Waals surface area contributed by atoms with Gasteiger partial charge < -0.3 is 24.7 Å². The van der Waals surface area contributed by atoms with Crippen molar-refractivity contribution in [1.82, 2.24) is 24.3 Å². The van der Waals surface area contributed by atoms with Crippen molar-refractivity contribution >= 4 is 22.8 Å². The van der Waals surface area contributed by atoms with Gasteiger partial charge in [0.1, 0.15) is 30.1 Å². The molecule has 0 spiro atoms. The number of carbonyl (C=O) groups is 1. The van der Waals surface area contributed by atoms with Crippen LogP contribution in [0.15, 0.2) is 36.8 Å². The predicted octanol–water partition coefficient (Wildman–Crippen LogP) is 3.11. The summed E-state index contributed by atoms with van der Waals surface area (Å²) in [6.07, 6.45) is 8.20. The van der Waals surface area contributed by atoms with Crippen LogP contribution < -0.4 is 10.5 Å². The average molecular weight is 491 g/mol. The Morgan fingerprint density at radius 3 is 2.75 bits per heavy atom. The van der Waals surface area contributed by atoms with E-state index in [0.29, 0.717) is 24.5 Å². The molecule has 9 nitrogen and oxygen atoms in total. The normalized spacial score (nSPS) is 24.7. The minimum absolute atomic E-state index is 0.172. The molecule has 1 amide bonds. The van der Waals surface area contributed by atoms with Crippen molar-refractivity contribution in [3.63, 3.8) is 0 Å². The van der Waals surface area contributed by atoms with Gasteiger partial charge in [0.15, 0.2) is 0 Å². The highest BCUT2D eigenvalue weighted by molar-refractivity contribution is 6.00. The maximum absolute atomic E-state index is 11.7. The number of aromatic nitrogens is 3. The van der Waals surface area contributed by atoms with Gasteiger partial charge >= 0.3 is 0 Å². The first-order valence-corrected chi connectivity index (χ1v) is 13.0. The molecule has 1 aromatic carbocycles. The lowest BCUT2D eigenvalue weighted by atomic mass is 9.85. The van der Waals surface area contributed by atoms with Crippen LogP contribution in [-0.2, 0) is 9.53 Å². The monoisotopic (exact) mass is 490 g/mol. The minimum Gasteiger partial charge on any atom is -0.491 e. The lowest BCUT2D eigenvalue weighted by molar-refractivity contribution is -0.131. The van der Waals surface area contributed by atoms with E-state index in [1.807, 2.05) is 17.0 Å². The van der Waals surface area contributed by atoms with Gasteiger partial charge in [0.25, 0.3) is 0 Å². The molecule has 1 saturated carbocycles. The van der Waals surface area contributed by atoms with E-state index in [2.05, 4.69) is 37.8 Å². The van der Waals surface area contributed by atoms with Crippen molar-refractivity contribution in [3.05, 3.63) is 36.8 Å². The highest BCUT2D eigenvalue weighted by atomic mass is 16.5. The number of nitrogens with zero attached hydrogens (tertiary/aromatic N) is 5. The Morgan fingerprint density at radius 2 is 2.00 bits per heavy atom. The largest absolute Gasteiger partial charge is 0.491 e. The van der Waals surface area contributed by atoms with Gasteiger partial charge in [-0.1, -0.05) is 12.1 Å². The second kappa shape index (κ2) is 9.71. The van der Waals surface area contributed by atoms with E-state index in [-0.39, 0.29) is 12.0 Å². The summed E-state index contributed by atoms with van der Waals surface area (Å²) in [4.78, 5) is 25.1. The summed E-state index contributed by atoms with van der Waals surface area (Å²) in [6, 6.07) is 9.06. The molecule has 2 aliphatic heterocycles. The predicted molar refractivity (Wildman–Crippen MR) is 138 cm³/mol. The van der Waals surface area contributed by atoms with Gasteiger partial charge in [-0.3, -0.25) is 9.69 Å². The van der Waals surface area contributed by atoms with E-state index in [1.54, 1.807) is 13.3 Å². The van der Waals surface area contributed by atoms with Crippen LogP contribution in [0.1, 0.15) is 38.6 Å². The standard InChI is InChI=1S/C27H34N6O3/c1-18(34)31-7-9-32(10-8-31)20-13-21(14-20)33-15-24(25-26(28)29-17-30-27(25)33)19-4-2-5-22(12-19)36-16-23-6-3-11-35-23/h2,4-5,12,15,17,20-21,23H,3,6-11,13-14,16H2,1H3,(H2,28,29,30)/t20-,21+,23-/m0/s1. The average Bonchev–Trinajstić information content (AvgIpc) is 3.52. The number of fused-ring (bicyclic) bond motifs is 1. The van der Waals surface area contributed by atoms with Crippen molar-refractivity contribution in [2.24, 2.45) is 0 Å². The zero-order valence-corrected chi connectivity index (χ0v) is 20.8. The van der Waals surface area contributed by atoms with Crippen molar-refractivity contribution < 1.29 is 14.3 Å². The highest BCUT2D eigenvalue weighted by Crippen LogP contribution is 2.42. The van der Waals surface area contributed by atoms with Gasteiger partial charge in [0.2, 0.25) is 5.91 Å². The summed E-state index contributed by atoms with van der Waals surface area (Å²) < 4.78 is 14.0. The van der Waals surface area contributed by atoms with Gasteiger partial charge in [-0.2, -0.15) is 0 Å². The number of hydrogen-bond donors (Lipinski definition) is 1. The Bertz CT molecular complexity index is 1240. The molecule has 6 rings (SSSR count). The summed E-state index contributed by atoms with van der Waals surface area (Å²) in [5.74, 6) is 1.49. The number of benzene rings is 1. The third kappa shape index (κ3) is 4.41. The van der Waals surface area contributed by atoms with Crippen molar-refractivity contribution in [1.29, 1.82) is 0 Å². The molecule has 3 aliphatic rings. The second-order valence-electron chi connectivity index (χ2n) is 10.2. The maximum atomic E-state index is 11.7. The number of piperazine rings is 1.